The minimum atomic E-state index is -0.228. The van der Waals surface area contributed by atoms with E-state index in [4.69, 9.17) is 0 Å². The lowest BCUT2D eigenvalue weighted by molar-refractivity contribution is -0.124. The fraction of sp³-hybridized carbons (Fsp3) is 0.176. The van der Waals surface area contributed by atoms with Gasteiger partial charge in [0.15, 0.2) is 0 Å². The Morgan fingerprint density at radius 2 is 2.09 bits per heavy atom. The van der Waals surface area contributed by atoms with E-state index in [9.17, 15) is 4.79 Å². The first-order valence-corrected chi connectivity index (χ1v) is 7.38. The number of aromatic nitrogens is 3. The summed E-state index contributed by atoms with van der Waals surface area (Å²) in [5.41, 5.74) is 5.19. The van der Waals surface area contributed by atoms with Gasteiger partial charge in [-0.3, -0.25) is 9.78 Å². The third-order valence-electron chi connectivity index (χ3n) is 3.50. The lowest BCUT2D eigenvalue weighted by Crippen LogP contribution is -2.28. The van der Waals surface area contributed by atoms with Gasteiger partial charge in [-0.15, -0.1) is 0 Å². The van der Waals surface area contributed by atoms with Crippen molar-refractivity contribution in [3.8, 4) is 0 Å². The smallest absolute Gasteiger partial charge is 0.244 e. The number of fused-ring (bicyclic) bond motifs is 1. The van der Waals surface area contributed by atoms with Gasteiger partial charge in [-0.2, -0.15) is 5.10 Å². The minimum Gasteiger partial charge on any atom is -0.330 e. The van der Waals surface area contributed by atoms with Gasteiger partial charge in [0.25, 0.3) is 0 Å². The Morgan fingerprint density at radius 1 is 1.26 bits per heavy atom. The SMILES string of the molecule is CC(Cn1cnc2ccccc21)C(=O)N/N=C/c1ccccn1. The topological polar surface area (TPSA) is 72.2 Å². The van der Waals surface area contributed by atoms with Crippen molar-refractivity contribution in [3.05, 3.63) is 60.7 Å². The highest BCUT2D eigenvalue weighted by molar-refractivity contribution is 5.82. The van der Waals surface area contributed by atoms with Crippen LogP contribution in [0.4, 0.5) is 0 Å². The number of nitrogens with one attached hydrogen (secondary N) is 1. The molecule has 0 aliphatic rings. The van der Waals surface area contributed by atoms with Crippen molar-refractivity contribution in [1.82, 2.24) is 20.0 Å². The van der Waals surface area contributed by atoms with E-state index in [1.165, 1.54) is 6.21 Å². The summed E-state index contributed by atoms with van der Waals surface area (Å²) >= 11 is 0. The van der Waals surface area contributed by atoms with Gasteiger partial charge in [-0.05, 0) is 24.3 Å². The number of nitrogens with zero attached hydrogens (tertiary/aromatic N) is 4. The maximum absolute atomic E-state index is 12.1. The van der Waals surface area contributed by atoms with E-state index < -0.39 is 0 Å². The van der Waals surface area contributed by atoms with Gasteiger partial charge in [-0.1, -0.05) is 25.1 Å². The molecule has 0 radical (unpaired) electrons. The van der Waals surface area contributed by atoms with Crippen LogP contribution in [-0.2, 0) is 11.3 Å². The van der Waals surface area contributed by atoms with Crippen molar-refractivity contribution in [2.45, 2.75) is 13.5 Å². The Balaban J connectivity index is 1.60. The quantitative estimate of drug-likeness (QED) is 0.580. The van der Waals surface area contributed by atoms with Crippen molar-refractivity contribution in [3.63, 3.8) is 0 Å². The van der Waals surface area contributed by atoms with Gasteiger partial charge in [0.2, 0.25) is 5.91 Å². The van der Waals surface area contributed by atoms with Crippen LogP contribution < -0.4 is 5.43 Å². The van der Waals surface area contributed by atoms with Crippen LogP contribution in [0.5, 0.6) is 0 Å². The number of pyridine rings is 1. The average Bonchev–Trinajstić information content (AvgIpc) is 2.99. The molecule has 0 aliphatic heterocycles. The van der Waals surface area contributed by atoms with Crippen LogP contribution in [0.15, 0.2) is 60.1 Å². The van der Waals surface area contributed by atoms with E-state index in [0.717, 1.165) is 11.0 Å². The van der Waals surface area contributed by atoms with Gasteiger partial charge in [0, 0.05) is 12.7 Å². The monoisotopic (exact) mass is 307 g/mol. The van der Waals surface area contributed by atoms with E-state index in [0.29, 0.717) is 12.2 Å². The lowest BCUT2D eigenvalue weighted by Gasteiger charge is -2.11. The molecule has 0 saturated carbocycles. The van der Waals surface area contributed by atoms with E-state index in [2.05, 4.69) is 20.5 Å². The summed E-state index contributed by atoms with van der Waals surface area (Å²) < 4.78 is 1.97. The van der Waals surface area contributed by atoms with Crippen LogP contribution in [0.1, 0.15) is 12.6 Å². The number of hydrazone groups is 1. The molecule has 0 aliphatic carbocycles. The molecule has 6 heteroatoms. The van der Waals surface area contributed by atoms with E-state index in [1.54, 1.807) is 12.5 Å². The van der Waals surface area contributed by atoms with Crippen molar-refractivity contribution in [2.75, 3.05) is 0 Å². The molecule has 116 valence electrons. The normalized spacial score (nSPS) is 12.6. The van der Waals surface area contributed by atoms with Crippen molar-refractivity contribution in [2.24, 2.45) is 11.0 Å². The zero-order chi connectivity index (χ0) is 16.1. The molecule has 0 spiro atoms. The molecular weight excluding hydrogens is 290 g/mol. The summed E-state index contributed by atoms with van der Waals surface area (Å²) in [7, 11) is 0. The van der Waals surface area contributed by atoms with Crippen LogP contribution >= 0.6 is 0 Å². The molecular formula is C17H17N5O. The maximum Gasteiger partial charge on any atom is 0.244 e. The third kappa shape index (κ3) is 3.60. The predicted molar refractivity (Wildman–Crippen MR) is 88.9 cm³/mol. The first kappa shape index (κ1) is 14.9. The summed E-state index contributed by atoms with van der Waals surface area (Å²) in [6, 6.07) is 13.4. The number of para-hydroxylation sites is 2. The molecule has 1 N–H and O–H groups in total. The molecule has 3 aromatic rings. The zero-order valence-corrected chi connectivity index (χ0v) is 12.8. The van der Waals surface area contributed by atoms with Crippen molar-refractivity contribution in [1.29, 1.82) is 0 Å². The second-order valence-corrected chi connectivity index (χ2v) is 5.28. The molecule has 1 amide bonds. The van der Waals surface area contributed by atoms with Gasteiger partial charge < -0.3 is 4.57 Å². The number of hydrogen-bond donors (Lipinski definition) is 1. The number of rotatable bonds is 5. The van der Waals surface area contributed by atoms with E-state index >= 15 is 0 Å². The minimum absolute atomic E-state index is 0.144. The first-order chi connectivity index (χ1) is 11.2. The number of imidazole rings is 1. The number of amides is 1. The number of hydrogen-bond acceptors (Lipinski definition) is 4. The molecule has 0 saturated heterocycles. The molecule has 2 heterocycles. The standard InChI is InChI=1S/C17H17N5O/c1-13(11-22-12-19-15-7-2-3-8-16(15)22)17(23)21-20-10-14-6-4-5-9-18-14/h2-10,12-13H,11H2,1H3,(H,21,23)/b20-10+. The molecule has 23 heavy (non-hydrogen) atoms. The molecule has 1 unspecified atom stereocenters. The Morgan fingerprint density at radius 3 is 2.91 bits per heavy atom. The van der Waals surface area contributed by atoms with Crippen LogP contribution in [0.3, 0.4) is 0 Å². The van der Waals surface area contributed by atoms with Gasteiger partial charge in [-0.25, -0.2) is 10.4 Å². The zero-order valence-electron chi connectivity index (χ0n) is 12.8. The molecule has 0 bridgehead atoms. The van der Waals surface area contributed by atoms with E-state index in [1.807, 2.05) is 54.0 Å². The fourth-order valence-electron chi connectivity index (χ4n) is 2.26. The molecule has 0 fully saturated rings. The molecule has 1 aromatic carbocycles. The Kier molecular flexibility index (Phi) is 4.42. The van der Waals surface area contributed by atoms with Gasteiger partial charge in [0.1, 0.15) is 0 Å². The average molecular weight is 307 g/mol. The van der Waals surface area contributed by atoms with Crippen molar-refractivity contribution < 1.29 is 4.79 Å². The van der Waals surface area contributed by atoms with Crippen molar-refractivity contribution >= 4 is 23.2 Å². The Hall–Kier alpha value is -3.02. The lowest BCUT2D eigenvalue weighted by atomic mass is 10.1. The largest absolute Gasteiger partial charge is 0.330 e. The predicted octanol–water partition coefficient (Wildman–Crippen LogP) is 2.22. The second kappa shape index (κ2) is 6.83. The van der Waals surface area contributed by atoms with Gasteiger partial charge in [0.05, 0.1) is 35.2 Å². The third-order valence-corrected chi connectivity index (χ3v) is 3.50. The Labute approximate surface area is 133 Å². The first-order valence-electron chi connectivity index (χ1n) is 7.38. The van der Waals surface area contributed by atoms with Gasteiger partial charge >= 0.3 is 0 Å². The summed E-state index contributed by atoms with van der Waals surface area (Å²) in [5, 5.41) is 3.94. The molecule has 3 rings (SSSR count). The highest BCUT2D eigenvalue weighted by Gasteiger charge is 2.14. The molecule has 1 atom stereocenters. The summed E-state index contributed by atoms with van der Waals surface area (Å²) in [4.78, 5) is 20.5. The van der Waals surface area contributed by atoms with Crippen LogP contribution in [0.2, 0.25) is 0 Å². The summed E-state index contributed by atoms with van der Waals surface area (Å²) in [5.74, 6) is -0.372. The second-order valence-electron chi connectivity index (χ2n) is 5.28. The highest BCUT2D eigenvalue weighted by atomic mass is 16.2. The Bertz CT molecular complexity index is 825. The molecule has 2 aromatic heterocycles. The van der Waals surface area contributed by atoms with Crippen LogP contribution in [0, 0.1) is 5.92 Å². The number of carbonyl (C=O) groups excluding carboxylic acids is 1. The fourth-order valence-corrected chi connectivity index (χ4v) is 2.26. The van der Waals surface area contributed by atoms with Crippen LogP contribution in [0.25, 0.3) is 11.0 Å². The summed E-state index contributed by atoms with van der Waals surface area (Å²) in [6.45, 7) is 2.41. The summed E-state index contributed by atoms with van der Waals surface area (Å²) in [6.07, 6.45) is 4.96. The maximum atomic E-state index is 12.1. The van der Waals surface area contributed by atoms with E-state index in [-0.39, 0.29) is 11.8 Å². The number of carbonyl (C=O) groups is 1. The highest BCUT2D eigenvalue weighted by Crippen LogP contribution is 2.13. The number of benzene rings is 1. The molecule has 6 nitrogen and oxygen atoms in total. The van der Waals surface area contributed by atoms with Crippen LogP contribution in [-0.4, -0.2) is 26.7 Å².